The first kappa shape index (κ1) is 38.8. The van der Waals surface area contributed by atoms with Crippen molar-refractivity contribution in [3.05, 3.63) is 36.4 Å². The SMILES string of the molecule is COc1ccc(N)cc1NC(=O)CC(=O)C(C)(C)C.COc1ccc(N)cc1NC(=O)CC(=O)C(C)(C)C.O=S(=O)(O)O. The number of nitrogens with two attached hydrogens (primary N) is 2. The molecular weight excluding hydrogens is 584 g/mol. The molecule has 0 fully saturated rings. The number of nitrogens with one attached hydrogen (secondary N) is 2. The van der Waals surface area contributed by atoms with Crippen LogP contribution in [0.2, 0.25) is 0 Å². The fourth-order valence-electron chi connectivity index (χ4n) is 2.86. The van der Waals surface area contributed by atoms with E-state index in [0.717, 1.165) is 0 Å². The summed E-state index contributed by atoms with van der Waals surface area (Å²) in [5.74, 6) is 0.0323. The zero-order chi connectivity index (χ0) is 33.8. The van der Waals surface area contributed by atoms with Crippen LogP contribution in [-0.2, 0) is 29.6 Å². The fraction of sp³-hybridized carbons (Fsp3) is 0.429. The maximum atomic E-state index is 11.8. The van der Waals surface area contributed by atoms with Gasteiger partial charge in [-0.25, -0.2) is 0 Å². The van der Waals surface area contributed by atoms with Gasteiger partial charge in [0.05, 0.1) is 38.4 Å². The van der Waals surface area contributed by atoms with Crippen LogP contribution in [0.5, 0.6) is 11.5 Å². The molecule has 2 amide bonds. The van der Waals surface area contributed by atoms with E-state index in [0.29, 0.717) is 34.2 Å². The number of nitrogen functional groups attached to an aromatic ring is 2. The number of carbonyl (C=O) groups is 4. The minimum absolute atomic E-state index is 0.118. The van der Waals surface area contributed by atoms with Gasteiger partial charge in [0.2, 0.25) is 11.8 Å². The molecule has 0 aromatic heterocycles. The number of methoxy groups -OCH3 is 2. The van der Waals surface area contributed by atoms with Crippen molar-refractivity contribution in [1.29, 1.82) is 0 Å². The van der Waals surface area contributed by atoms with Crippen molar-refractivity contribution >= 4 is 56.5 Å². The van der Waals surface area contributed by atoms with Gasteiger partial charge >= 0.3 is 10.4 Å². The second-order valence-electron chi connectivity index (χ2n) is 11.2. The number of rotatable bonds is 8. The van der Waals surface area contributed by atoms with Gasteiger partial charge in [-0.05, 0) is 36.4 Å². The summed E-state index contributed by atoms with van der Waals surface area (Å²) in [7, 11) is -1.66. The number of Topliss-reactive ketones (excluding diaryl/α,β-unsaturated/α-hetero) is 2. The molecule has 0 saturated heterocycles. The van der Waals surface area contributed by atoms with Gasteiger partial charge in [0, 0.05) is 22.2 Å². The number of amides is 2. The Morgan fingerprint density at radius 3 is 1.21 bits per heavy atom. The van der Waals surface area contributed by atoms with Gasteiger partial charge in [-0.3, -0.25) is 28.3 Å². The number of carbonyl (C=O) groups excluding carboxylic acids is 4. The summed E-state index contributed by atoms with van der Waals surface area (Å²) in [5.41, 5.74) is 12.2. The molecule has 2 aromatic carbocycles. The zero-order valence-corrected chi connectivity index (χ0v) is 26.4. The van der Waals surface area contributed by atoms with Crippen molar-refractivity contribution in [1.82, 2.24) is 0 Å². The molecule has 2 rings (SSSR count). The van der Waals surface area contributed by atoms with Crippen LogP contribution in [0.15, 0.2) is 36.4 Å². The molecule has 0 heterocycles. The number of ether oxygens (including phenoxy) is 2. The van der Waals surface area contributed by atoms with Gasteiger partial charge in [0.25, 0.3) is 0 Å². The van der Waals surface area contributed by atoms with Gasteiger partial charge < -0.3 is 31.6 Å². The number of hydrogen-bond donors (Lipinski definition) is 6. The lowest BCUT2D eigenvalue weighted by molar-refractivity contribution is -0.132. The van der Waals surface area contributed by atoms with E-state index in [1.165, 1.54) is 14.2 Å². The van der Waals surface area contributed by atoms with Crippen LogP contribution in [0.25, 0.3) is 0 Å². The van der Waals surface area contributed by atoms with E-state index >= 15 is 0 Å². The van der Waals surface area contributed by atoms with E-state index in [4.69, 9.17) is 38.5 Å². The van der Waals surface area contributed by atoms with Crippen molar-refractivity contribution in [2.24, 2.45) is 10.8 Å². The molecule has 15 heteroatoms. The molecule has 0 bridgehead atoms. The van der Waals surface area contributed by atoms with E-state index in [9.17, 15) is 19.2 Å². The Morgan fingerprint density at radius 2 is 0.977 bits per heavy atom. The standard InChI is InChI=1S/2C14H20N2O3.H2O4S/c2*1-14(2,3)12(17)8-13(18)16-10-7-9(15)5-6-11(10)19-4;1-5(2,3)4/h2*5-7H,8,15H2,1-4H3,(H,16,18);(H2,1,2,3,4). The summed E-state index contributed by atoms with van der Waals surface area (Å²) in [4.78, 5) is 47.2. The first-order chi connectivity index (χ1) is 19.5. The topological polar surface area (TPSA) is 237 Å². The Balaban J connectivity index is 0.000000709. The minimum Gasteiger partial charge on any atom is -0.495 e. The van der Waals surface area contributed by atoms with Crippen LogP contribution in [-0.4, -0.2) is 55.1 Å². The van der Waals surface area contributed by atoms with E-state index < -0.39 is 21.2 Å². The molecule has 240 valence electrons. The molecule has 0 atom stereocenters. The van der Waals surface area contributed by atoms with Gasteiger partial charge in [-0.1, -0.05) is 41.5 Å². The van der Waals surface area contributed by atoms with Gasteiger partial charge in [0.1, 0.15) is 23.1 Å². The maximum absolute atomic E-state index is 11.8. The quantitative estimate of drug-likeness (QED) is 0.139. The molecule has 0 saturated carbocycles. The minimum atomic E-state index is -4.67. The first-order valence-corrected chi connectivity index (χ1v) is 14.1. The van der Waals surface area contributed by atoms with Crippen LogP contribution in [0, 0.1) is 10.8 Å². The predicted molar refractivity (Wildman–Crippen MR) is 164 cm³/mol. The third-order valence-electron chi connectivity index (χ3n) is 5.31. The molecule has 0 aliphatic heterocycles. The second kappa shape index (κ2) is 16.4. The normalized spacial score (nSPS) is 11.0. The Morgan fingerprint density at radius 1 is 0.698 bits per heavy atom. The lowest BCUT2D eigenvalue weighted by Crippen LogP contribution is -2.26. The number of anilines is 4. The molecular formula is C28H42N4O10S. The molecule has 14 nitrogen and oxygen atoms in total. The summed E-state index contributed by atoms with van der Waals surface area (Å²) in [5, 5.41) is 5.28. The summed E-state index contributed by atoms with van der Waals surface area (Å²) < 4.78 is 41.8. The lowest BCUT2D eigenvalue weighted by atomic mass is 9.89. The molecule has 0 radical (unpaired) electrons. The van der Waals surface area contributed by atoms with Gasteiger partial charge in [0.15, 0.2) is 0 Å². The van der Waals surface area contributed by atoms with Crippen LogP contribution < -0.4 is 31.6 Å². The average molecular weight is 627 g/mol. The van der Waals surface area contributed by atoms with Crippen LogP contribution >= 0.6 is 0 Å². The van der Waals surface area contributed by atoms with E-state index in [2.05, 4.69) is 10.6 Å². The summed E-state index contributed by atoms with van der Waals surface area (Å²) >= 11 is 0. The van der Waals surface area contributed by atoms with Crippen molar-refractivity contribution in [2.75, 3.05) is 36.3 Å². The highest BCUT2D eigenvalue weighted by Gasteiger charge is 2.25. The van der Waals surface area contributed by atoms with Crippen molar-refractivity contribution in [3.8, 4) is 11.5 Å². The maximum Gasteiger partial charge on any atom is 0.394 e. The van der Waals surface area contributed by atoms with Crippen molar-refractivity contribution in [3.63, 3.8) is 0 Å². The summed E-state index contributed by atoms with van der Waals surface area (Å²) in [6.45, 7) is 10.7. The smallest absolute Gasteiger partial charge is 0.394 e. The summed E-state index contributed by atoms with van der Waals surface area (Å²) in [6, 6.07) is 9.87. The molecule has 43 heavy (non-hydrogen) atoms. The average Bonchev–Trinajstić information content (AvgIpc) is 2.82. The fourth-order valence-corrected chi connectivity index (χ4v) is 2.86. The highest BCUT2D eigenvalue weighted by molar-refractivity contribution is 7.79. The van der Waals surface area contributed by atoms with E-state index in [-0.39, 0.29) is 36.2 Å². The third kappa shape index (κ3) is 16.7. The largest absolute Gasteiger partial charge is 0.495 e. The molecule has 2 aromatic rings. The highest BCUT2D eigenvalue weighted by Crippen LogP contribution is 2.28. The predicted octanol–water partition coefficient (Wildman–Crippen LogP) is 3.79. The molecule has 0 aliphatic carbocycles. The Labute approximate surface area is 252 Å². The first-order valence-electron chi connectivity index (χ1n) is 12.7. The molecule has 8 N–H and O–H groups in total. The number of ketones is 2. The Hall–Kier alpha value is -4.21. The second-order valence-corrected chi connectivity index (χ2v) is 12.1. The molecule has 0 aliphatic rings. The van der Waals surface area contributed by atoms with Crippen LogP contribution in [0.1, 0.15) is 54.4 Å². The van der Waals surface area contributed by atoms with Crippen LogP contribution in [0.3, 0.4) is 0 Å². The van der Waals surface area contributed by atoms with Crippen molar-refractivity contribution < 1.29 is 46.2 Å². The number of benzene rings is 2. The monoisotopic (exact) mass is 626 g/mol. The van der Waals surface area contributed by atoms with E-state index in [1.54, 1.807) is 77.9 Å². The summed E-state index contributed by atoms with van der Waals surface area (Å²) in [6.07, 6.45) is -0.330. The van der Waals surface area contributed by atoms with Gasteiger partial charge in [-0.15, -0.1) is 0 Å². The molecule has 0 unspecified atom stereocenters. The zero-order valence-electron chi connectivity index (χ0n) is 25.6. The Bertz CT molecular complexity index is 1300. The van der Waals surface area contributed by atoms with Crippen molar-refractivity contribution in [2.45, 2.75) is 54.4 Å². The molecule has 0 spiro atoms. The van der Waals surface area contributed by atoms with Gasteiger partial charge in [-0.2, -0.15) is 8.42 Å². The highest BCUT2D eigenvalue weighted by atomic mass is 32.3. The lowest BCUT2D eigenvalue weighted by Gasteiger charge is -2.16. The third-order valence-corrected chi connectivity index (χ3v) is 5.31. The van der Waals surface area contributed by atoms with Crippen LogP contribution in [0.4, 0.5) is 22.7 Å². The number of hydrogen-bond acceptors (Lipinski definition) is 10. The van der Waals surface area contributed by atoms with E-state index in [1.807, 2.05) is 0 Å². The Kier molecular flexibility index (Phi) is 14.8.